The summed E-state index contributed by atoms with van der Waals surface area (Å²) < 4.78 is 94.0. The molecule has 17 nitrogen and oxygen atoms in total. The van der Waals surface area contributed by atoms with Gasteiger partial charge in [0.15, 0.2) is 23.1 Å². The third-order valence-electron chi connectivity index (χ3n) is 13.7. The molecular weight excluding hydrogens is 939 g/mol. The predicted molar refractivity (Wildman–Crippen MR) is 253 cm³/mol. The number of nitrogens with two attached hydrogens (primary N) is 1. The van der Waals surface area contributed by atoms with Crippen LogP contribution in [-0.2, 0) is 44.0 Å². The van der Waals surface area contributed by atoms with Crippen LogP contribution in [0.2, 0.25) is 0 Å². The molecule has 2 aromatic rings. The number of nitrogens with zero attached hydrogens (tertiary/aromatic N) is 2. The Morgan fingerprint density at radius 1 is 0.710 bits per heavy atom. The summed E-state index contributed by atoms with van der Waals surface area (Å²) in [7, 11) is -6.94. The van der Waals surface area contributed by atoms with Crippen LogP contribution in [0.25, 0.3) is 0 Å². The van der Waals surface area contributed by atoms with Crippen LogP contribution in [0.4, 0.5) is 8.78 Å². The number of halogens is 2. The molecule has 5 N–H and O–H groups in total. The first kappa shape index (κ1) is 53.9. The molecule has 4 aliphatic heterocycles. The van der Waals surface area contributed by atoms with Crippen LogP contribution in [0, 0.1) is 23.5 Å². The summed E-state index contributed by atoms with van der Waals surface area (Å²) in [6.07, 6.45) is 10.2. The van der Waals surface area contributed by atoms with Gasteiger partial charge in [0.2, 0.25) is 43.7 Å². The van der Waals surface area contributed by atoms with E-state index in [-0.39, 0.29) is 89.2 Å². The molecule has 4 amide bonds. The van der Waals surface area contributed by atoms with Crippen LogP contribution >= 0.6 is 0 Å². The maximum absolute atomic E-state index is 14.2. The molecule has 4 saturated heterocycles. The molecule has 8 rings (SSSR count). The second-order valence-corrected chi connectivity index (χ2v) is 23.1. The third kappa shape index (κ3) is 15.5. The molecule has 0 aromatic heterocycles. The van der Waals surface area contributed by atoms with Gasteiger partial charge in [-0.3, -0.25) is 29.8 Å². The number of piperidine rings is 2. The number of hydrogen-bond acceptors (Lipinski definition) is 13. The Hall–Kier alpha value is -4.41. The lowest BCUT2D eigenvalue weighted by molar-refractivity contribution is -0.136. The number of carbonyl (C=O) groups excluding carboxylic acids is 5. The van der Waals surface area contributed by atoms with Gasteiger partial charge in [0.25, 0.3) is 0 Å². The zero-order valence-electron chi connectivity index (χ0n) is 39.5. The molecule has 2 saturated carbocycles. The molecule has 69 heavy (non-hydrogen) atoms. The van der Waals surface area contributed by atoms with Crippen molar-refractivity contribution < 1.29 is 59.1 Å². The number of amides is 4. The molecule has 6 unspecified atom stereocenters. The molecule has 0 spiro atoms. The summed E-state index contributed by atoms with van der Waals surface area (Å²) in [5.41, 5.74) is 7.02. The second-order valence-electron chi connectivity index (χ2n) is 19.1. The number of rotatable bonds is 20. The maximum Gasteiger partial charge on any atom is 0.243 e. The number of carbonyl (C=O) groups is 5. The predicted octanol–water partition coefficient (Wildman–Crippen LogP) is 4.15. The van der Waals surface area contributed by atoms with E-state index >= 15 is 0 Å². The van der Waals surface area contributed by atoms with E-state index in [0.717, 1.165) is 62.5 Å². The van der Waals surface area contributed by atoms with Crippen LogP contribution in [0.3, 0.4) is 0 Å². The van der Waals surface area contributed by atoms with E-state index in [2.05, 4.69) is 16.0 Å². The number of sulfonamides is 2. The molecule has 6 fully saturated rings. The van der Waals surface area contributed by atoms with E-state index in [1.165, 1.54) is 16.4 Å². The normalized spacial score (nSPS) is 24.2. The second kappa shape index (κ2) is 24.6. The van der Waals surface area contributed by atoms with Gasteiger partial charge < -0.3 is 25.3 Å². The van der Waals surface area contributed by atoms with Crippen molar-refractivity contribution in [2.75, 3.05) is 44.4 Å². The summed E-state index contributed by atoms with van der Waals surface area (Å²) in [6.45, 7) is 6.33. The molecule has 6 atom stereocenters. The van der Waals surface area contributed by atoms with Gasteiger partial charge in [-0.15, -0.1) is 0 Å². The van der Waals surface area contributed by atoms with Gasteiger partial charge in [0, 0.05) is 44.4 Å². The number of benzene rings is 2. The summed E-state index contributed by atoms with van der Waals surface area (Å²) in [4.78, 5) is 54.6. The fourth-order valence-electron chi connectivity index (χ4n) is 9.04. The van der Waals surface area contributed by atoms with Gasteiger partial charge in [-0.2, -0.15) is 8.61 Å². The molecule has 2 aliphatic carbocycles. The zero-order valence-corrected chi connectivity index (χ0v) is 41.2. The minimum absolute atomic E-state index is 0.00956. The highest BCUT2D eigenvalue weighted by Crippen LogP contribution is 2.38. The number of nitrogens with one attached hydrogen (secondary N) is 3. The van der Waals surface area contributed by atoms with Gasteiger partial charge in [0.05, 0.1) is 36.8 Å². The van der Waals surface area contributed by atoms with Crippen molar-refractivity contribution in [2.24, 2.45) is 17.6 Å². The average molecular weight is 1010 g/mol. The van der Waals surface area contributed by atoms with Crippen LogP contribution < -0.4 is 31.2 Å². The zero-order chi connectivity index (χ0) is 49.9. The highest BCUT2D eigenvalue weighted by atomic mass is 32.2. The van der Waals surface area contributed by atoms with E-state index in [0.29, 0.717) is 76.7 Å². The Kier molecular flexibility index (Phi) is 19.2. The number of ether oxygens (including phenoxy) is 2. The van der Waals surface area contributed by atoms with Crippen molar-refractivity contribution in [2.45, 2.75) is 140 Å². The first-order valence-electron chi connectivity index (χ1n) is 24.3. The number of aldehydes is 1. The Morgan fingerprint density at radius 2 is 1.19 bits per heavy atom. The Bertz CT molecular complexity index is 2370. The maximum atomic E-state index is 14.2. The first-order chi connectivity index (χ1) is 32.9. The van der Waals surface area contributed by atoms with Crippen LogP contribution in [0.15, 0.2) is 36.4 Å². The molecule has 6 aliphatic rings. The van der Waals surface area contributed by atoms with Crippen LogP contribution in [0.5, 0.6) is 11.5 Å². The van der Waals surface area contributed by atoms with Crippen molar-refractivity contribution in [1.82, 2.24) is 24.6 Å². The Morgan fingerprint density at radius 3 is 1.64 bits per heavy atom. The van der Waals surface area contributed by atoms with Crippen molar-refractivity contribution in [3.05, 3.63) is 59.2 Å². The summed E-state index contributed by atoms with van der Waals surface area (Å²) in [5, 5.41) is 7.47. The Labute approximate surface area is 404 Å². The summed E-state index contributed by atoms with van der Waals surface area (Å²) in [5.74, 6) is -0.798. The monoisotopic (exact) mass is 1010 g/mol. The van der Waals surface area contributed by atoms with Crippen LogP contribution in [-0.4, -0.2) is 124 Å². The smallest absolute Gasteiger partial charge is 0.243 e. The topological polar surface area (TPSA) is 241 Å². The van der Waals surface area contributed by atoms with Gasteiger partial charge in [0.1, 0.15) is 6.29 Å². The van der Waals surface area contributed by atoms with E-state index < -0.39 is 37.9 Å². The van der Waals surface area contributed by atoms with E-state index in [9.17, 15) is 49.6 Å². The summed E-state index contributed by atoms with van der Waals surface area (Å²) in [6, 6.07) is 8.35. The fraction of sp³-hybridized carbons (Fsp3) is 0.646. The van der Waals surface area contributed by atoms with Gasteiger partial charge in [-0.05, 0) is 136 Å². The standard InChI is InChI=1S/C24H34FN3O5S.C19H26FNO4S.C5H8N2O2/c1-16(18-7-8-19(25)22(14-18)33-15-17-5-6-17)21-4-2-12-28(21)34(31,32)13-3-11-26-20-9-10-23(29)27-24(20)30;1-14(18-4-2-9-21(18)26(23,24)11-3-10-22)16-7-8-17(20)19(12-16)25-13-15-5-6-15;6-3-1-2-4(8)7-5(3)9/h7-8,14,16-17,20-21,26H,2-6,9-13,15H2,1H3,(H,27,29,30);7-8,10,12,14-15,18H,2-6,9,11,13H2,1H3;3H,1-2,6H2,(H,7,8,9). The van der Waals surface area contributed by atoms with Gasteiger partial charge in [-0.1, -0.05) is 26.0 Å². The number of imide groups is 2. The van der Waals surface area contributed by atoms with Crippen molar-refractivity contribution in [1.29, 1.82) is 0 Å². The lowest BCUT2D eigenvalue weighted by atomic mass is 9.92. The third-order valence-corrected chi connectivity index (χ3v) is 17.5. The fourth-order valence-corrected chi connectivity index (χ4v) is 12.6. The molecule has 21 heteroatoms. The lowest BCUT2D eigenvalue weighted by Gasteiger charge is -2.29. The average Bonchev–Trinajstić information content (AvgIpc) is 4.22. The molecule has 0 bridgehead atoms. The van der Waals surface area contributed by atoms with Gasteiger partial charge in [-0.25, -0.2) is 25.6 Å². The van der Waals surface area contributed by atoms with Crippen molar-refractivity contribution in [3.8, 4) is 11.5 Å². The molecule has 4 heterocycles. The highest BCUT2D eigenvalue weighted by Gasteiger charge is 2.39. The molecular formula is C48H68F2N6O11S2. The van der Waals surface area contributed by atoms with E-state index in [1.807, 2.05) is 13.8 Å². The van der Waals surface area contributed by atoms with Gasteiger partial charge >= 0.3 is 0 Å². The lowest BCUT2D eigenvalue weighted by Crippen LogP contribution is -2.51. The quantitative estimate of drug-likeness (QED) is 0.0830. The largest absolute Gasteiger partial charge is 0.490 e. The van der Waals surface area contributed by atoms with Crippen molar-refractivity contribution in [3.63, 3.8) is 0 Å². The van der Waals surface area contributed by atoms with Crippen LogP contribution in [0.1, 0.15) is 127 Å². The van der Waals surface area contributed by atoms with E-state index in [4.69, 9.17) is 15.2 Å². The summed E-state index contributed by atoms with van der Waals surface area (Å²) >= 11 is 0. The number of hydrogen-bond donors (Lipinski definition) is 4. The van der Waals surface area contributed by atoms with Crippen molar-refractivity contribution >= 4 is 50.0 Å². The minimum atomic E-state index is -3.49. The SMILES string of the molecule is CC(c1ccc(F)c(OCC2CC2)c1)C1CCCN1S(=O)(=O)CCC=O.CC(c1ccc(F)c(OCC2CC2)c1)C1CCCN1S(=O)(=O)CCCNC1CCC(=O)NC1=O.NC1CCC(=O)NC1=O. The molecule has 2 aromatic carbocycles. The van der Waals surface area contributed by atoms with E-state index in [1.54, 1.807) is 28.6 Å². The minimum Gasteiger partial charge on any atom is -0.490 e. The molecule has 382 valence electrons. The first-order valence-corrected chi connectivity index (χ1v) is 27.5. The Balaban J connectivity index is 0.000000196. The highest BCUT2D eigenvalue weighted by molar-refractivity contribution is 7.89. The molecule has 0 radical (unpaired) electrons.